The number of ether oxygens (including phenoxy) is 1. The van der Waals surface area contributed by atoms with E-state index in [2.05, 4.69) is 32.3 Å². The molecule has 7 nitrogen and oxygen atoms in total. The third kappa shape index (κ3) is 6.10. The summed E-state index contributed by atoms with van der Waals surface area (Å²) < 4.78 is 5.84. The van der Waals surface area contributed by atoms with Gasteiger partial charge in [0.15, 0.2) is 0 Å². The number of nitrogens with one attached hydrogen (secondary N) is 1. The zero-order valence-electron chi connectivity index (χ0n) is 18.4. The number of anilines is 2. The van der Waals surface area contributed by atoms with E-state index in [1.807, 2.05) is 43.3 Å². The van der Waals surface area contributed by atoms with Gasteiger partial charge in [0.2, 0.25) is 0 Å². The van der Waals surface area contributed by atoms with E-state index in [0.717, 1.165) is 62.1 Å². The van der Waals surface area contributed by atoms with Crippen LogP contribution in [0, 0.1) is 18.3 Å². The van der Waals surface area contributed by atoms with Gasteiger partial charge in [-0.15, -0.1) is 0 Å². The number of nitriles is 1. The highest BCUT2D eigenvalue weighted by Gasteiger charge is 2.22. The SMILES string of the molecule is Cc1nc(Nc2ccc(C#N)nc2)cc(C2CCN(CCOCc3ccccc3)CC2)n1. The molecule has 32 heavy (non-hydrogen) atoms. The first kappa shape index (κ1) is 21.9. The molecule has 0 spiro atoms. The van der Waals surface area contributed by atoms with Crippen LogP contribution in [-0.2, 0) is 11.3 Å². The fourth-order valence-corrected chi connectivity index (χ4v) is 3.96. The summed E-state index contributed by atoms with van der Waals surface area (Å²) in [7, 11) is 0. The highest BCUT2D eigenvalue weighted by Crippen LogP contribution is 2.28. The first-order valence-corrected chi connectivity index (χ1v) is 11.0. The number of hydrogen-bond acceptors (Lipinski definition) is 7. The summed E-state index contributed by atoms with van der Waals surface area (Å²) in [5, 5.41) is 12.2. The normalized spacial score (nSPS) is 14.8. The van der Waals surface area contributed by atoms with Crippen molar-refractivity contribution in [1.29, 1.82) is 5.26 Å². The van der Waals surface area contributed by atoms with Crippen molar-refractivity contribution in [3.05, 3.63) is 77.5 Å². The van der Waals surface area contributed by atoms with Crippen molar-refractivity contribution >= 4 is 11.5 Å². The maximum absolute atomic E-state index is 8.90. The molecule has 4 rings (SSSR count). The van der Waals surface area contributed by atoms with Gasteiger partial charge in [0.05, 0.1) is 25.1 Å². The first-order valence-electron chi connectivity index (χ1n) is 11.0. The maximum atomic E-state index is 8.90. The first-order chi connectivity index (χ1) is 15.7. The molecule has 0 atom stereocenters. The molecule has 1 fully saturated rings. The third-order valence-corrected chi connectivity index (χ3v) is 5.68. The van der Waals surface area contributed by atoms with E-state index in [1.54, 1.807) is 12.3 Å². The summed E-state index contributed by atoms with van der Waals surface area (Å²) in [6.07, 6.45) is 3.80. The molecule has 1 aromatic carbocycles. The molecule has 164 valence electrons. The molecule has 3 heterocycles. The Labute approximate surface area is 189 Å². The molecule has 1 aliphatic heterocycles. The molecule has 2 aromatic heterocycles. The van der Waals surface area contributed by atoms with Crippen LogP contribution in [0.5, 0.6) is 0 Å². The van der Waals surface area contributed by atoms with Gasteiger partial charge in [-0.05, 0) is 50.6 Å². The molecular formula is C25H28N6O. The number of aromatic nitrogens is 3. The number of benzene rings is 1. The van der Waals surface area contributed by atoms with Crippen molar-refractivity contribution in [2.45, 2.75) is 32.3 Å². The van der Waals surface area contributed by atoms with Crippen LogP contribution in [0.4, 0.5) is 11.5 Å². The van der Waals surface area contributed by atoms with E-state index in [-0.39, 0.29) is 0 Å². The Morgan fingerprint density at radius 2 is 1.94 bits per heavy atom. The van der Waals surface area contributed by atoms with Crippen LogP contribution in [0.2, 0.25) is 0 Å². The second kappa shape index (κ2) is 10.8. The Morgan fingerprint density at radius 1 is 1.12 bits per heavy atom. The number of pyridine rings is 1. The minimum atomic E-state index is 0.396. The van der Waals surface area contributed by atoms with Crippen molar-refractivity contribution in [1.82, 2.24) is 19.9 Å². The second-order valence-electron chi connectivity index (χ2n) is 8.05. The van der Waals surface area contributed by atoms with Crippen LogP contribution >= 0.6 is 0 Å². The van der Waals surface area contributed by atoms with Crippen LogP contribution in [0.15, 0.2) is 54.7 Å². The molecule has 0 unspecified atom stereocenters. The number of hydrogen-bond donors (Lipinski definition) is 1. The summed E-state index contributed by atoms with van der Waals surface area (Å²) >= 11 is 0. The van der Waals surface area contributed by atoms with Gasteiger partial charge in [-0.3, -0.25) is 0 Å². The average molecular weight is 429 g/mol. The Hall–Kier alpha value is -3.34. The van der Waals surface area contributed by atoms with Crippen LogP contribution in [0.25, 0.3) is 0 Å². The molecule has 1 N–H and O–H groups in total. The van der Waals surface area contributed by atoms with Gasteiger partial charge in [-0.25, -0.2) is 15.0 Å². The van der Waals surface area contributed by atoms with Gasteiger partial charge < -0.3 is 15.0 Å². The minimum absolute atomic E-state index is 0.396. The van der Waals surface area contributed by atoms with Crippen LogP contribution in [0.1, 0.15) is 41.5 Å². The van der Waals surface area contributed by atoms with Crippen LogP contribution in [0.3, 0.4) is 0 Å². The van der Waals surface area contributed by atoms with Crippen molar-refractivity contribution < 1.29 is 4.74 Å². The predicted molar refractivity (Wildman–Crippen MR) is 124 cm³/mol. The number of piperidine rings is 1. The van der Waals surface area contributed by atoms with E-state index >= 15 is 0 Å². The Morgan fingerprint density at radius 3 is 2.66 bits per heavy atom. The predicted octanol–water partition coefficient (Wildman–Crippen LogP) is 4.19. The van der Waals surface area contributed by atoms with E-state index in [9.17, 15) is 0 Å². The van der Waals surface area contributed by atoms with E-state index < -0.39 is 0 Å². The van der Waals surface area contributed by atoms with E-state index in [4.69, 9.17) is 15.0 Å². The molecular weight excluding hydrogens is 400 g/mol. The smallest absolute Gasteiger partial charge is 0.140 e. The molecule has 1 saturated heterocycles. The van der Waals surface area contributed by atoms with Crippen molar-refractivity contribution in [2.75, 3.05) is 31.6 Å². The molecule has 0 aliphatic carbocycles. The topological polar surface area (TPSA) is 87.0 Å². The number of likely N-dealkylation sites (tertiary alicyclic amines) is 1. The molecule has 0 amide bonds. The van der Waals surface area contributed by atoms with E-state index in [1.165, 1.54) is 5.56 Å². The summed E-state index contributed by atoms with van der Waals surface area (Å²) in [5.41, 5.74) is 3.50. The number of rotatable bonds is 8. The highest BCUT2D eigenvalue weighted by molar-refractivity contribution is 5.55. The largest absolute Gasteiger partial charge is 0.375 e. The quantitative estimate of drug-likeness (QED) is 0.538. The molecule has 1 aliphatic rings. The van der Waals surface area contributed by atoms with Crippen LogP contribution < -0.4 is 5.32 Å². The van der Waals surface area contributed by atoms with Crippen LogP contribution in [-0.4, -0.2) is 46.1 Å². The van der Waals surface area contributed by atoms with Crippen molar-refractivity contribution in [2.24, 2.45) is 0 Å². The summed E-state index contributed by atoms with van der Waals surface area (Å²) in [6, 6.07) is 17.9. The van der Waals surface area contributed by atoms with Gasteiger partial charge >= 0.3 is 0 Å². The standard InChI is InChI=1S/C25H28N6O/c1-19-28-24(15-25(29-19)30-23-8-7-22(16-26)27-17-23)21-9-11-31(12-10-21)13-14-32-18-20-5-3-2-4-6-20/h2-8,15,17,21H,9-14,18H2,1H3,(H,28,29,30). The Bertz CT molecular complexity index is 1040. The lowest BCUT2D eigenvalue weighted by Gasteiger charge is -2.31. The minimum Gasteiger partial charge on any atom is -0.375 e. The summed E-state index contributed by atoms with van der Waals surface area (Å²) in [5.74, 6) is 1.94. The van der Waals surface area contributed by atoms with Gasteiger partial charge in [0.1, 0.15) is 23.4 Å². The summed E-state index contributed by atoms with van der Waals surface area (Å²) in [6.45, 7) is 6.39. The fraction of sp³-hybridized carbons (Fsp3) is 0.360. The van der Waals surface area contributed by atoms with Gasteiger partial charge in [0.25, 0.3) is 0 Å². The fourth-order valence-electron chi connectivity index (χ4n) is 3.96. The second-order valence-corrected chi connectivity index (χ2v) is 8.05. The lowest BCUT2D eigenvalue weighted by atomic mass is 9.93. The lowest BCUT2D eigenvalue weighted by molar-refractivity contribution is 0.0838. The average Bonchev–Trinajstić information content (AvgIpc) is 2.83. The third-order valence-electron chi connectivity index (χ3n) is 5.68. The number of nitrogens with zero attached hydrogens (tertiary/aromatic N) is 5. The van der Waals surface area contributed by atoms with Crippen molar-refractivity contribution in [3.63, 3.8) is 0 Å². The zero-order chi connectivity index (χ0) is 22.2. The molecule has 0 saturated carbocycles. The maximum Gasteiger partial charge on any atom is 0.140 e. The lowest BCUT2D eigenvalue weighted by Crippen LogP contribution is -2.35. The zero-order valence-corrected chi connectivity index (χ0v) is 18.4. The summed E-state index contributed by atoms with van der Waals surface area (Å²) in [4.78, 5) is 15.8. The monoisotopic (exact) mass is 428 g/mol. The van der Waals surface area contributed by atoms with Gasteiger partial charge in [0, 0.05) is 24.2 Å². The highest BCUT2D eigenvalue weighted by atomic mass is 16.5. The molecule has 0 radical (unpaired) electrons. The Balaban J connectivity index is 1.27. The molecule has 3 aromatic rings. The molecule has 7 heteroatoms. The Kier molecular flexibility index (Phi) is 7.38. The van der Waals surface area contributed by atoms with E-state index in [0.29, 0.717) is 18.2 Å². The van der Waals surface area contributed by atoms with Gasteiger partial charge in [-0.1, -0.05) is 30.3 Å². The number of aryl methyl sites for hydroxylation is 1. The van der Waals surface area contributed by atoms with Gasteiger partial charge in [-0.2, -0.15) is 5.26 Å². The molecule has 0 bridgehead atoms. The van der Waals surface area contributed by atoms with Crippen molar-refractivity contribution in [3.8, 4) is 6.07 Å².